The predicted octanol–water partition coefficient (Wildman–Crippen LogP) is 2.74. The van der Waals surface area contributed by atoms with Gasteiger partial charge in [-0.15, -0.1) is 11.3 Å². The van der Waals surface area contributed by atoms with Gasteiger partial charge in [0.25, 0.3) is 5.91 Å². The fourth-order valence-electron chi connectivity index (χ4n) is 3.21. The summed E-state index contributed by atoms with van der Waals surface area (Å²) in [7, 11) is 0. The molecule has 0 radical (unpaired) electrons. The third kappa shape index (κ3) is 3.47. The molecule has 136 valence electrons. The van der Waals surface area contributed by atoms with Crippen molar-refractivity contribution < 1.29 is 4.79 Å². The summed E-state index contributed by atoms with van der Waals surface area (Å²) in [5.74, 6) is 0.438. The summed E-state index contributed by atoms with van der Waals surface area (Å²) in [6, 6.07) is 9.12. The van der Waals surface area contributed by atoms with E-state index in [1.807, 2.05) is 0 Å². The van der Waals surface area contributed by atoms with Gasteiger partial charge in [-0.3, -0.25) is 4.79 Å². The maximum absolute atomic E-state index is 12.8. The monoisotopic (exact) mass is 378 g/mol. The van der Waals surface area contributed by atoms with Crippen molar-refractivity contribution in [3.63, 3.8) is 0 Å². The molecule has 7 nitrogen and oxygen atoms in total. The topological polar surface area (TPSA) is 108 Å². The van der Waals surface area contributed by atoms with Crippen LogP contribution in [0.4, 0.5) is 11.5 Å². The minimum atomic E-state index is -0.300. The number of nitrogens with one attached hydrogen (secondary N) is 1. The Morgan fingerprint density at radius 1 is 1.41 bits per heavy atom. The number of carbonyl (C=O) groups is 1. The van der Waals surface area contributed by atoms with Crippen molar-refractivity contribution in [1.29, 1.82) is 5.26 Å². The highest BCUT2D eigenvalue weighted by Gasteiger charge is 2.21. The number of piperidine rings is 1. The number of rotatable bonds is 3. The van der Waals surface area contributed by atoms with Crippen molar-refractivity contribution in [2.45, 2.75) is 18.9 Å². The van der Waals surface area contributed by atoms with Crippen LogP contribution < -0.4 is 16.0 Å². The number of nitrogens with two attached hydrogens (primary N) is 1. The van der Waals surface area contributed by atoms with Gasteiger partial charge in [0.2, 0.25) is 0 Å². The van der Waals surface area contributed by atoms with Crippen molar-refractivity contribution in [3.8, 4) is 6.07 Å². The Kier molecular flexibility index (Phi) is 4.71. The van der Waals surface area contributed by atoms with Crippen molar-refractivity contribution in [3.05, 3.63) is 47.0 Å². The van der Waals surface area contributed by atoms with Gasteiger partial charge < -0.3 is 16.0 Å². The van der Waals surface area contributed by atoms with E-state index < -0.39 is 0 Å². The minimum absolute atomic E-state index is 0.129. The lowest BCUT2D eigenvalue weighted by Crippen LogP contribution is -2.43. The van der Waals surface area contributed by atoms with E-state index in [9.17, 15) is 10.1 Å². The molecular formula is C19H18N6OS. The Morgan fingerprint density at radius 2 is 2.26 bits per heavy atom. The Labute approximate surface area is 160 Å². The van der Waals surface area contributed by atoms with Gasteiger partial charge in [0.05, 0.1) is 23.0 Å². The molecule has 3 N–H and O–H groups in total. The van der Waals surface area contributed by atoms with Crippen LogP contribution in [0.5, 0.6) is 0 Å². The first-order valence-electron chi connectivity index (χ1n) is 8.71. The number of carbonyl (C=O) groups excluding carboxylic acids is 1. The van der Waals surface area contributed by atoms with Crippen LogP contribution in [0.3, 0.4) is 0 Å². The molecule has 1 aliphatic heterocycles. The number of hydrogen-bond donors (Lipinski definition) is 2. The van der Waals surface area contributed by atoms with Crippen LogP contribution in [0, 0.1) is 11.3 Å². The van der Waals surface area contributed by atoms with Crippen LogP contribution in [0.1, 0.15) is 28.8 Å². The summed E-state index contributed by atoms with van der Waals surface area (Å²) in [5.41, 5.74) is 8.00. The second-order valence-corrected chi connectivity index (χ2v) is 7.35. The third-order valence-corrected chi connectivity index (χ3v) is 5.47. The normalized spacial score (nSPS) is 16.9. The van der Waals surface area contributed by atoms with Crippen LogP contribution in [0.25, 0.3) is 10.3 Å². The lowest BCUT2D eigenvalue weighted by atomic mass is 10.1. The SMILES string of the molecule is N#Cc1ccccc1NC(=O)c1csc2ncc(N3CCCC(N)C3)nc12. The van der Waals surface area contributed by atoms with Crippen LogP contribution in [0.2, 0.25) is 0 Å². The lowest BCUT2D eigenvalue weighted by Gasteiger charge is -2.31. The smallest absolute Gasteiger partial charge is 0.258 e. The van der Waals surface area contributed by atoms with E-state index in [4.69, 9.17) is 10.7 Å². The molecule has 1 aromatic carbocycles. The number of thiophene rings is 1. The van der Waals surface area contributed by atoms with Gasteiger partial charge in [0.15, 0.2) is 0 Å². The maximum atomic E-state index is 12.8. The molecule has 27 heavy (non-hydrogen) atoms. The molecule has 1 atom stereocenters. The Morgan fingerprint density at radius 3 is 3.07 bits per heavy atom. The first-order chi connectivity index (χ1) is 13.2. The molecular weight excluding hydrogens is 360 g/mol. The second-order valence-electron chi connectivity index (χ2n) is 6.49. The summed E-state index contributed by atoms with van der Waals surface area (Å²) in [6.07, 6.45) is 3.77. The zero-order valence-corrected chi connectivity index (χ0v) is 15.4. The molecule has 1 aliphatic rings. The molecule has 1 unspecified atom stereocenters. The molecule has 1 fully saturated rings. The van der Waals surface area contributed by atoms with Gasteiger partial charge in [-0.2, -0.15) is 5.26 Å². The molecule has 1 amide bonds. The summed E-state index contributed by atoms with van der Waals surface area (Å²) in [4.78, 5) is 24.8. The van der Waals surface area contributed by atoms with Gasteiger partial charge in [-0.25, -0.2) is 9.97 Å². The first-order valence-corrected chi connectivity index (χ1v) is 9.59. The fraction of sp³-hybridized carbons (Fsp3) is 0.263. The molecule has 0 bridgehead atoms. The zero-order valence-electron chi connectivity index (χ0n) is 14.6. The number of anilines is 2. The Bertz CT molecular complexity index is 1040. The minimum Gasteiger partial charge on any atom is -0.354 e. The number of nitriles is 1. The van der Waals surface area contributed by atoms with E-state index in [2.05, 4.69) is 21.3 Å². The molecule has 4 rings (SSSR count). The molecule has 8 heteroatoms. The summed E-state index contributed by atoms with van der Waals surface area (Å²) in [6.45, 7) is 1.62. The highest BCUT2D eigenvalue weighted by molar-refractivity contribution is 7.17. The third-order valence-electron chi connectivity index (χ3n) is 4.59. The molecule has 2 aromatic heterocycles. The molecule has 3 aromatic rings. The van der Waals surface area contributed by atoms with E-state index >= 15 is 0 Å². The van der Waals surface area contributed by atoms with E-state index in [-0.39, 0.29) is 11.9 Å². The van der Waals surface area contributed by atoms with Crippen LogP contribution in [-0.2, 0) is 0 Å². The van der Waals surface area contributed by atoms with Crippen LogP contribution >= 0.6 is 11.3 Å². The number of aromatic nitrogens is 2. The van der Waals surface area contributed by atoms with Crippen molar-refractivity contribution in [2.75, 3.05) is 23.3 Å². The average Bonchev–Trinajstić information content (AvgIpc) is 3.11. The van der Waals surface area contributed by atoms with Crippen molar-refractivity contribution in [1.82, 2.24) is 9.97 Å². The highest BCUT2D eigenvalue weighted by Crippen LogP contribution is 2.27. The Hall–Kier alpha value is -3.02. The number of hydrogen-bond acceptors (Lipinski definition) is 7. The van der Waals surface area contributed by atoms with E-state index in [1.54, 1.807) is 35.8 Å². The zero-order chi connectivity index (χ0) is 18.8. The quantitative estimate of drug-likeness (QED) is 0.725. The molecule has 0 saturated carbocycles. The summed E-state index contributed by atoms with van der Waals surface area (Å²) in [5, 5.41) is 13.8. The predicted molar refractivity (Wildman–Crippen MR) is 106 cm³/mol. The second kappa shape index (κ2) is 7.31. The van der Waals surface area contributed by atoms with Gasteiger partial charge >= 0.3 is 0 Å². The van der Waals surface area contributed by atoms with Gasteiger partial charge in [-0.1, -0.05) is 12.1 Å². The standard InChI is InChI=1S/C19H18N6OS/c20-8-12-4-1-2-6-15(12)23-18(26)14-11-27-19-17(14)24-16(9-22-19)25-7-3-5-13(21)10-25/h1-2,4,6,9,11,13H,3,5,7,10,21H2,(H,23,26). The van der Waals surface area contributed by atoms with Crippen molar-refractivity contribution in [2.24, 2.45) is 5.73 Å². The lowest BCUT2D eigenvalue weighted by molar-refractivity contribution is 0.102. The largest absolute Gasteiger partial charge is 0.354 e. The number of fused-ring (bicyclic) bond motifs is 1. The van der Waals surface area contributed by atoms with E-state index in [0.29, 0.717) is 27.2 Å². The van der Waals surface area contributed by atoms with Gasteiger partial charge in [0, 0.05) is 24.5 Å². The molecule has 0 aliphatic carbocycles. The van der Waals surface area contributed by atoms with Gasteiger partial charge in [-0.05, 0) is 25.0 Å². The molecule has 1 saturated heterocycles. The number of benzene rings is 1. The average molecular weight is 378 g/mol. The molecule has 3 heterocycles. The maximum Gasteiger partial charge on any atom is 0.258 e. The summed E-state index contributed by atoms with van der Waals surface area (Å²) < 4.78 is 0. The van der Waals surface area contributed by atoms with Crippen LogP contribution in [0.15, 0.2) is 35.8 Å². The number of nitrogens with zero attached hydrogens (tertiary/aromatic N) is 4. The fourth-order valence-corrected chi connectivity index (χ4v) is 4.04. The Balaban J connectivity index is 1.64. The van der Waals surface area contributed by atoms with Crippen molar-refractivity contribution >= 4 is 39.1 Å². The molecule has 0 spiro atoms. The number of para-hydroxylation sites is 1. The number of amides is 1. The highest BCUT2D eigenvalue weighted by atomic mass is 32.1. The van der Waals surface area contributed by atoms with E-state index in [1.165, 1.54) is 11.3 Å². The van der Waals surface area contributed by atoms with Crippen LogP contribution in [-0.4, -0.2) is 35.0 Å². The summed E-state index contributed by atoms with van der Waals surface area (Å²) >= 11 is 1.38. The van der Waals surface area contributed by atoms with Gasteiger partial charge in [0.1, 0.15) is 22.2 Å². The van der Waals surface area contributed by atoms with E-state index in [0.717, 1.165) is 31.7 Å². The first kappa shape index (κ1) is 17.4.